The first-order chi connectivity index (χ1) is 13.8. The van der Waals surface area contributed by atoms with Crippen LogP contribution in [0.25, 0.3) is 0 Å². The summed E-state index contributed by atoms with van der Waals surface area (Å²) in [6, 6.07) is 18.9. The molecule has 0 fully saturated rings. The quantitative estimate of drug-likeness (QED) is 0.604. The molecule has 0 aliphatic carbocycles. The molecule has 0 radical (unpaired) electrons. The lowest BCUT2D eigenvalue weighted by atomic mass is 10.2. The van der Waals surface area contributed by atoms with E-state index in [4.69, 9.17) is 0 Å². The predicted molar refractivity (Wildman–Crippen MR) is 111 cm³/mol. The molecule has 3 aromatic rings. The molecule has 0 aromatic heterocycles. The van der Waals surface area contributed by atoms with E-state index in [0.29, 0.717) is 11.3 Å². The minimum absolute atomic E-state index is 0.0392. The molecule has 0 saturated heterocycles. The van der Waals surface area contributed by atoms with Crippen LogP contribution in [0.3, 0.4) is 0 Å². The molecule has 0 aliphatic rings. The molecule has 3 rings (SSSR count). The molecule has 1 amide bonds. The van der Waals surface area contributed by atoms with Gasteiger partial charge in [0, 0.05) is 18.3 Å². The highest BCUT2D eigenvalue weighted by molar-refractivity contribution is 7.92. The van der Waals surface area contributed by atoms with Crippen LogP contribution in [0.4, 0.5) is 15.8 Å². The summed E-state index contributed by atoms with van der Waals surface area (Å²) in [6.45, 7) is 1.49. The zero-order valence-electron chi connectivity index (χ0n) is 15.9. The Morgan fingerprint density at radius 3 is 2.24 bits per heavy atom. The Bertz CT molecular complexity index is 1120. The Hall–Kier alpha value is -3.39. The van der Waals surface area contributed by atoms with E-state index in [0.717, 1.165) is 11.8 Å². The second kappa shape index (κ2) is 8.32. The maximum absolute atomic E-state index is 13.4. The topological polar surface area (TPSA) is 78.5 Å². The Balaban J connectivity index is 1.69. The number of carbonyl (C=O) groups excluding carboxylic acids is 1. The van der Waals surface area contributed by atoms with E-state index in [-0.39, 0.29) is 16.4 Å². The average Bonchev–Trinajstić information content (AvgIpc) is 2.70. The predicted octanol–water partition coefficient (Wildman–Crippen LogP) is 3.72. The van der Waals surface area contributed by atoms with E-state index < -0.39 is 15.8 Å². The van der Waals surface area contributed by atoms with Crippen LogP contribution in [-0.4, -0.2) is 21.4 Å². The maximum Gasteiger partial charge on any atom is 0.269 e. The molecule has 0 heterocycles. The molecule has 29 heavy (non-hydrogen) atoms. The summed E-state index contributed by atoms with van der Waals surface area (Å²) in [5.74, 6) is -0.806. The fraction of sp³-hybridized carbons (Fsp3) is 0.0952. The fourth-order valence-electron chi connectivity index (χ4n) is 2.62. The summed E-state index contributed by atoms with van der Waals surface area (Å²) in [6.07, 6.45) is 0. The number of hydrogen-bond donors (Lipinski definition) is 2. The van der Waals surface area contributed by atoms with Gasteiger partial charge in [-0.3, -0.25) is 20.0 Å². The number of anilines is 2. The second-order valence-corrected chi connectivity index (χ2v) is 8.11. The number of amides is 1. The number of benzene rings is 3. The number of aryl methyl sites for hydroxylation is 1. The first kappa shape index (κ1) is 20.3. The van der Waals surface area contributed by atoms with Gasteiger partial charge in [0.2, 0.25) is 0 Å². The third-order valence-corrected chi connectivity index (χ3v) is 5.63. The lowest BCUT2D eigenvalue weighted by Crippen LogP contribution is -2.39. The van der Waals surface area contributed by atoms with Crippen molar-refractivity contribution in [1.29, 1.82) is 0 Å². The first-order valence-electron chi connectivity index (χ1n) is 8.75. The Kier molecular flexibility index (Phi) is 5.84. The molecule has 0 aliphatic heterocycles. The normalized spacial score (nSPS) is 11.0. The molecule has 0 unspecified atom stereocenters. The summed E-state index contributed by atoms with van der Waals surface area (Å²) in [4.78, 5) is 12.3. The molecular weight excluding hydrogens is 393 g/mol. The van der Waals surface area contributed by atoms with Crippen LogP contribution in [0, 0.1) is 12.7 Å². The van der Waals surface area contributed by atoms with Crippen molar-refractivity contribution in [2.75, 3.05) is 16.8 Å². The largest absolute Gasteiger partial charge is 0.288 e. The monoisotopic (exact) mass is 413 g/mol. The summed E-state index contributed by atoms with van der Waals surface area (Å²) in [5, 5.41) is 1.59. The minimum atomic E-state index is -3.87. The molecule has 0 bridgehead atoms. The Morgan fingerprint density at radius 2 is 1.62 bits per heavy atom. The van der Waals surface area contributed by atoms with Gasteiger partial charge < -0.3 is 0 Å². The number of sulfonamides is 1. The minimum Gasteiger partial charge on any atom is -0.288 e. The number of hydrogen-bond acceptors (Lipinski definition) is 4. The van der Waals surface area contributed by atoms with Crippen LogP contribution >= 0.6 is 0 Å². The molecule has 0 saturated carbocycles. The van der Waals surface area contributed by atoms with Crippen molar-refractivity contribution in [3.05, 3.63) is 89.7 Å². The Labute approximate surface area is 169 Å². The molecule has 0 atom stereocenters. The van der Waals surface area contributed by atoms with Crippen molar-refractivity contribution in [3.8, 4) is 0 Å². The van der Waals surface area contributed by atoms with Crippen molar-refractivity contribution >= 4 is 27.3 Å². The third kappa shape index (κ3) is 4.91. The summed E-state index contributed by atoms with van der Waals surface area (Å²) >= 11 is 0. The Morgan fingerprint density at radius 1 is 0.966 bits per heavy atom. The summed E-state index contributed by atoms with van der Waals surface area (Å²) in [7, 11) is -2.14. The SMILES string of the molecule is Cc1cc(S(=O)(=O)Nc2ccc(C(=O)NN(C)c3ccccc3)cc2)ccc1F. The van der Waals surface area contributed by atoms with Crippen molar-refractivity contribution in [2.45, 2.75) is 11.8 Å². The molecular formula is C21H20FN3O3S. The zero-order chi connectivity index (χ0) is 21.0. The van der Waals surface area contributed by atoms with Crippen LogP contribution in [-0.2, 0) is 10.0 Å². The highest BCUT2D eigenvalue weighted by atomic mass is 32.2. The molecule has 2 N–H and O–H groups in total. The number of nitrogens with one attached hydrogen (secondary N) is 2. The number of hydrazine groups is 1. The van der Waals surface area contributed by atoms with E-state index in [9.17, 15) is 17.6 Å². The smallest absolute Gasteiger partial charge is 0.269 e. The van der Waals surface area contributed by atoms with Gasteiger partial charge in [-0.2, -0.15) is 0 Å². The highest BCUT2D eigenvalue weighted by Gasteiger charge is 2.16. The van der Waals surface area contributed by atoms with Crippen molar-refractivity contribution in [1.82, 2.24) is 5.43 Å². The summed E-state index contributed by atoms with van der Waals surface area (Å²) in [5.41, 5.74) is 4.46. The maximum atomic E-state index is 13.4. The van der Waals surface area contributed by atoms with Crippen molar-refractivity contribution in [2.24, 2.45) is 0 Å². The number of para-hydroxylation sites is 1. The van der Waals surface area contributed by atoms with Crippen molar-refractivity contribution < 1.29 is 17.6 Å². The lowest BCUT2D eigenvalue weighted by molar-refractivity contribution is 0.0951. The van der Waals surface area contributed by atoms with Gasteiger partial charge in [0.05, 0.1) is 10.6 Å². The molecule has 150 valence electrons. The van der Waals surface area contributed by atoms with Crippen LogP contribution < -0.4 is 15.2 Å². The number of rotatable bonds is 6. The highest BCUT2D eigenvalue weighted by Crippen LogP contribution is 2.19. The van der Waals surface area contributed by atoms with Gasteiger partial charge in [-0.25, -0.2) is 12.8 Å². The van der Waals surface area contributed by atoms with Gasteiger partial charge in [0.1, 0.15) is 5.82 Å². The van der Waals surface area contributed by atoms with Gasteiger partial charge in [-0.1, -0.05) is 18.2 Å². The van der Waals surface area contributed by atoms with E-state index in [1.54, 1.807) is 12.1 Å². The second-order valence-electron chi connectivity index (χ2n) is 6.43. The van der Waals surface area contributed by atoms with Crippen LogP contribution in [0.2, 0.25) is 0 Å². The van der Waals surface area contributed by atoms with E-state index in [1.165, 1.54) is 43.3 Å². The van der Waals surface area contributed by atoms with E-state index >= 15 is 0 Å². The van der Waals surface area contributed by atoms with Gasteiger partial charge in [0.15, 0.2) is 0 Å². The average molecular weight is 413 g/mol. The number of nitrogens with zero attached hydrogens (tertiary/aromatic N) is 1. The third-order valence-electron chi connectivity index (χ3n) is 4.25. The number of carbonyl (C=O) groups is 1. The van der Waals surface area contributed by atoms with Crippen LogP contribution in [0.1, 0.15) is 15.9 Å². The summed E-state index contributed by atoms with van der Waals surface area (Å²) < 4.78 is 40.7. The van der Waals surface area contributed by atoms with Crippen LogP contribution in [0.5, 0.6) is 0 Å². The number of halogens is 1. The van der Waals surface area contributed by atoms with Crippen molar-refractivity contribution in [3.63, 3.8) is 0 Å². The van der Waals surface area contributed by atoms with Gasteiger partial charge in [-0.15, -0.1) is 0 Å². The van der Waals surface area contributed by atoms with E-state index in [2.05, 4.69) is 10.1 Å². The molecule has 8 heteroatoms. The molecule has 0 spiro atoms. The first-order valence-corrected chi connectivity index (χ1v) is 10.2. The van der Waals surface area contributed by atoms with Gasteiger partial charge in [0.25, 0.3) is 15.9 Å². The molecule has 6 nitrogen and oxygen atoms in total. The zero-order valence-corrected chi connectivity index (χ0v) is 16.7. The van der Waals surface area contributed by atoms with Crippen LogP contribution in [0.15, 0.2) is 77.7 Å². The lowest BCUT2D eigenvalue weighted by Gasteiger charge is -2.20. The molecule has 3 aromatic carbocycles. The van der Waals surface area contributed by atoms with Gasteiger partial charge >= 0.3 is 0 Å². The van der Waals surface area contributed by atoms with Gasteiger partial charge in [-0.05, 0) is 67.1 Å². The fourth-order valence-corrected chi connectivity index (χ4v) is 3.76. The standard InChI is InChI=1S/C21H20FN3O3S/c1-15-14-19(12-13-20(15)22)29(27,28)24-17-10-8-16(9-11-17)21(26)23-25(2)18-6-4-3-5-7-18/h3-14,24H,1-2H3,(H,23,26). The van der Waals surface area contributed by atoms with E-state index in [1.807, 2.05) is 30.3 Å².